The Kier molecular flexibility index (Phi) is 13.8. The first-order valence-electron chi connectivity index (χ1n) is 17.2. The fourth-order valence-corrected chi connectivity index (χ4v) is 7.25. The highest BCUT2D eigenvalue weighted by atomic mass is 16.8. The number of nitrogens with two attached hydrogens (primary N) is 3. The normalized spacial score (nSPS) is 48.3. The van der Waals surface area contributed by atoms with Gasteiger partial charge in [0.25, 0.3) is 5.91 Å². The molecule has 0 bridgehead atoms. The maximum absolute atomic E-state index is 12.8. The van der Waals surface area contributed by atoms with Crippen LogP contribution < -0.4 is 27.8 Å². The van der Waals surface area contributed by atoms with Gasteiger partial charge in [0, 0.05) is 56.9 Å². The molecular formula is C30H55N5O15. The van der Waals surface area contributed by atoms with Crippen molar-refractivity contribution in [2.75, 3.05) is 39.5 Å². The Morgan fingerprint density at radius 1 is 0.780 bits per heavy atom. The van der Waals surface area contributed by atoms with E-state index in [1.54, 1.807) is 0 Å². The minimum atomic E-state index is -1.61. The second-order valence-electron chi connectivity index (χ2n) is 14.1. The summed E-state index contributed by atoms with van der Waals surface area (Å²) in [5.41, 5.74) is 17.1. The molecule has 5 aliphatic rings. The summed E-state index contributed by atoms with van der Waals surface area (Å²) in [6, 6.07) is -1.98. The Labute approximate surface area is 289 Å². The maximum Gasteiger partial charge on any atom is 0.252 e. The quantitative estimate of drug-likeness (QED) is 0.0740. The summed E-state index contributed by atoms with van der Waals surface area (Å²) in [7, 11) is 0. The van der Waals surface area contributed by atoms with Gasteiger partial charge >= 0.3 is 0 Å². The van der Waals surface area contributed by atoms with E-state index in [2.05, 4.69) is 10.6 Å². The molecule has 0 aromatic rings. The molecule has 1 unspecified atom stereocenters. The molecule has 3 heterocycles. The molecule has 16 N–H and O–H groups in total. The summed E-state index contributed by atoms with van der Waals surface area (Å²) in [5, 5.41) is 88.7. The van der Waals surface area contributed by atoms with Crippen LogP contribution in [-0.4, -0.2) is 190 Å². The standard InChI is InChI=1S/C30H55N5O15/c31-13-6-30(44,7-13)29(43)35-8-12-3-14(32)24(49-27-15(33)4-17(39)19(46-27)9-34-1-2-36)26(22(12)41)50-28-23(42)25(20(10-37)47-28)48-21-5-16(38)18(40)11-45-21/h12-28,34,36-42,44H,1-11,31-33H2,(H,35,43)/t12?,13?,14-,15+,16+,17-,18+,19+,20+,21+,22-,23+,24+,25+,26+,27+,28-,30?/m0/s1. The molecule has 5 rings (SSSR count). The van der Waals surface area contributed by atoms with Crippen LogP contribution in [0.4, 0.5) is 0 Å². The molecule has 0 aromatic heterocycles. The Morgan fingerprint density at radius 2 is 1.48 bits per heavy atom. The lowest BCUT2D eigenvalue weighted by Crippen LogP contribution is -2.65. The van der Waals surface area contributed by atoms with Crippen LogP contribution in [0.15, 0.2) is 0 Å². The van der Waals surface area contributed by atoms with Crippen molar-refractivity contribution in [2.24, 2.45) is 23.1 Å². The van der Waals surface area contributed by atoms with E-state index in [1.165, 1.54) is 0 Å². The fourth-order valence-electron chi connectivity index (χ4n) is 7.25. The summed E-state index contributed by atoms with van der Waals surface area (Å²) >= 11 is 0. The van der Waals surface area contributed by atoms with E-state index < -0.39 is 116 Å². The SMILES string of the molecule is NC1CC(O)(C(=O)NCC2C[C@H](N)[C@@H](O[C@H]3O[C@H](CNCCO)[C@@H](O)C[C@H]3N)[C@H](O[C@@H]3O[C@H](CO)[C@@H](O[C@@H]4C[C@@H](O)[C@H](O)CO4)[C@H]3O)[C@H]2O)C1. The summed E-state index contributed by atoms with van der Waals surface area (Å²) in [6.45, 7) is -0.602. The number of rotatable bonds is 14. The maximum atomic E-state index is 12.8. The van der Waals surface area contributed by atoms with E-state index in [1.807, 2.05) is 0 Å². The number of hydrogen-bond donors (Lipinski definition) is 13. The molecule has 5 fully saturated rings. The zero-order valence-corrected chi connectivity index (χ0v) is 27.8. The summed E-state index contributed by atoms with van der Waals surface area (Å²) in [6.07, 6.45) is -15.1. The first-order valence-corrected chi connectivity index (χ1v) is 17.2. The minimum Gasteiger partial charge on any atom is -0.395 e. The van der Waals surface area contributed by atoms with Crippen molar-refractivity contribution in [3.8, 4) is 0 Å². The van der Waals surface area contributed by atoms with Crippen molar-refractivity contribution in [1.82, 2.24) is 10.6 Å². The van der Waals surface area contributed by atoms with Gasteiger partial charge in [0.05, 0.1) is 50.3 Å². The van der Waals surface area contributed by atoms with E-state index in [9.17, 15) is 40.5 Å². The van der Waals surface area contributed by atoms with Crippen LogP contribution in [0.2, 0.25) is 0 Å². The van der Waals surface area contributed by atoms with Gasteiger partial charge in [-0.25, -0.2) is 0 Å². The average molecular weight is 726 g/mol. The number of ether oxygens (including phenoxy) is 6. The van der Waals surface area contributed by atoms with Gasteiger partial charge in [0.1, 0.15) is 42.2 Å². The molecule has 0 aromatic carbocycles. The van der Waals surface area contributed by atoms with Gasteiger partial charge in [-0.3, -0.25) is 4.79 Å². The van der Waals surface area contributed by atoms with Gasteiger partial charge in [0.15, 0.2) is 18.9 Å². The lowest BCUT2D eigenvalue weighted by molar-refractivity contribution is -0.298. The molecule has 3 saturated heterocycles. The van der Waals surface area contributed by atoms with E-state index in [0.717, 1.165) is 0 Å². The number of amides is 1. The number of aliphatic hydroxyl groups is 8. The molecule has 16 atom stereocenters. The van der Waals surface area contributed by atoms with Crippen LogP contribution in [0.3, 0.4) is 0 Å². The molecule has 20 heteroatoms. The molecular weight excluding hydrogens is 670 g/mol. The highest BCUT2D eigenvalue weighted by Gasteiger charge is 2.54. The van der Waals surface area contributed by atoms with Crippen molar-refractivity contribution in [3.05, 3.63) is 0 Å². The molecule has 2 saturated carbocycles. The highest BCUT2D eigenvalue weighted by Crippen LogP contribution is 2.36. The van der Waals surface area contributed by atoms with Crippen LogP contribution in [0, 0.1) is 5.92 Å². The molecule has 50 heavy (non-hydrogen) atoms. The molecule has 1 amide bonds. The van der Waals surface area contributed by atoms with Gasteiger partial charge < -0.3 is 97.1 Å². The van der Waals surface area contributed by atoms with Gasteiger partial charge in [-0.15, -0.1) is 0 Å². The second-order valence-corrected chi connectivity index (χ2v) is 14.1. The van der Waals surface area contributed by atoms with Gasteiger partial charge in [-0.2, -0.15) is 0 Å². The Morgan fingerprint density at radius 3 is 2.14 bits per heavy atom. The van der Waals surface area contributed by atoms with E-state index >= 15 is 0 Å². The molecule has 290 valence electrons. The number of hydrogen-bond acceptors (Lipinski definition) is 19. The first-order chi connectivity index (χ1) is 23.7. The van der Waals surface area contributed by atoms with Crippen molar-refractivity contribution in [1.29, 1.82) is 0 Å². The van der Waals surface area contributed by atoms with Crippen molar-refractivity contribution >= 4 is 5.91 Å². The predicted molar refractivity (Wildman–Crippen MR) is 167 cm³/mol. The van der Waals surface area contributed by atoms with Crippen molar-refractivity contribution in [2.45, 2.75) is 136 Å². The molecule has 3 aliphatic heterocycles. The van der Waals surface area contributed by atoms with E-state index in [-0.39, 0.29) is 71.0 Å². The Bertz CT molecular complexity index is 1100. The zero-order chi connectivity index (χ0) is 36.3. The third kappa shape index (κ3) is 9.09. The first kappa shape index (κ1) is 39.9. The minimum absolute atomic E-state index is 0.0949. The molecule has 0 spiro atoms. The largest absolute Gasteiger partial charge is 0.395 e. The number of carbonyl (C=O) groups is 1. The van der Waals surface area contributed by atoms with E-state index in [4.69, 9.17) is 50.7 Å². The summed E-state index contributed by atoms with van der Waals surface area (Å²) in [4.78, 5) is 12.8. The van der Waals surface area contributed by atoms with Crippen molar-refractivity contribution < 1.29 is 74.1 Å². The third-order valence-electron chi connectivity index (χ3n) is 10.2. The van der Waals surface area contributed by atoms with Crippen LogP contribution in [-0.2, 0) is 33.2 Å². The summed E-state index contributed by atoms with van der Waals surface area (Å²) in [5.74, 6) is -1.36. The topological polar surface area (TPSA) is 336 Å². The Balaban J connectivity index is 1.31. The van der Waals surface area contributed by atoms with Crippen molar-refractivity contribution in [3.63, 3.8) is 0 Å². The lowest BCUT2D eigenvalue weighted by Gasteiger charge is -2.47. The lowest BCUT2D eigenvalue weighted by atomic mass is 9.75. The van der Waals surface area contributed by atoms with E-state index in [0.29, 0.717) is 0 Å². The summed E-state index contributed by atoms with van der Waals surface area (Å²) < 4.78 is 35.5. The number of carbonyl (C=O) groups excluding carboxylic acids is 1. The van der Waals surface area contributed by atoms with Gasteiger partial charge in [-0.1, -0.05) is 0 Å². The third-order valence-corrected chi connectivity index (χ3v) is 10.2. The average Bonchev–Trinajstić information content (AvgIpc) is 3.35. The van der Waals surface area contributed by atoms with Crippen LogP contribution in [0.5, 0.6) is 0 Å². The predicted octanol–water partition coefficient (Wildman–Crippen LogP) is -7.25. The monoisotopic (exact) mass is 725 g/mol. The van der Waals surface area contributed by atoms with Crippen LogP contribution in [0.1, 0.15) is 32.1 Å². The Hall–Kier alpha value is -1.25. The molecule has 0 radical (unpaired) electrons. The molecule has 20 nitrogen and oxygen atoms in total. The van der Waals surface area contributed by atoms with Gasteiger partial charge in [0.2, 0.25) is 0 Å². The fraction of sp³-hybridized carbons (Fsp3) is 0.967. The second kappa shape index (κ2) is 17.3. The molecule has 2 aliphatic carbocycles. The number of nitrogens with one attached hydrogen (secondary N) is 2. The van der Waals surface area contributed by atoms with Gasteiger partial charge in [-0.05, 0) is 12.8 Å². The smallest absolute Gasteiger partial charge is 0.252 e. The van der Waals surface area contributed by atoms with Crippen LogP contribution in [0.25, 0.3) is 0 Å². The number of aliphatic hydroxyl groups excluding tert-OH is 7. The zero-order valence-electron chi connectivity index (χ0n) is 27.8. The highest BCUT2D eigenvalue weighted by molar-refractivity contribution is 5.86. The van der Waals surface area contributed by atoms with Crippen LogP contribution >= 0.6 is 0 Å².